The monoisotopic (exact) mass is 302 g/mol. The molecular formula is C19H14N2O2. The van der Waals surface area contributed by atoms with E-state index in [2.05, 4.69) is 4.57 Å². The minimum absolute atomic E-state index is 0.325. The fraction of sp³-hybridized carbons (Fsp3) is 0.0526. The standard InChI is InChI=1S/C19H14N2O2/c1-21-17-9-7-14(18-10-8-15(12-22)23-18)11-16(17)20-19(21)13-5-3-2-4-6-13/h2-12H,1H3. The Labute approximate surface area is 133 Å². The Morgan fingerprint density at radius 1 is 1.00 bits per heavy atom. The molecule has 2 aromatic heterocycles. The molecule has 0 aliphatic heterocycles. The van der Waals surface area contributed by atoms with E-state index < -0.39 is 0 Å². The Kier molecular flexibility index (Phi) is 3.08. The number of carbonyl (C=O) groups excluding carboxylic acids is 1. The van der Waals surface area contributed by atoms with Gasteiger partial charge < -0.3 is 8.98 Å². The number of hydrogen-bond acceptors (Lipinski definition) is 3. The first-order chi connectivity index (χ1) is 11.3. The Hall–Kier alpha value is -3.14. The van der Waals surface area contributed by atoms with Gasteiger partial charge in [0.2, 0.25) is 0 Å². The quantitative estimate of drug-likeness (QED) is 0.530. The molecule has 0 spiro atoms. The Morgan fingerprint density at radius 2 is 1.83 bits per heavy atom. The van der Waals surface area contributed by atoms with Crippen molar-refractivity contribution in [1.29, 1.82) is 0 Å². The van der Waals surface area contributed by atoms with Crippen LogP contribution in [-0.2, 0) is 7.05 Å². The van der Waals surface area contributed by atoms with Gasteiger partial charge in [-0.15, -0.1) is 0 Å². The zero-order valence-electron chi connectivity index (χ0n) is 12.6. The number of fused-ring (bicyclic) bond motifs is 1. The van der Waals surface area contributed by atoms with Crippen molar-refractivity contribution in [3.05, 3.63) is 66.4 Å². The average Bonchev–Trinajstić information content (AvgIpc) is 3.20. The highest BCUT2D eigenvalue weighted by Gasteiger charge is 2.12. The summed E-state index contributed by atoms with van der Waals surface area (Å²) in [5.74, 6) is 1.91. The van der Waals surface area contributed by atoms with Crippen LogP contribution in [0.15, 0.2) is 65.1 Å². The van der Waals surface area contributed by atoms with Gasteiger partial charge in [-0.2, -0.15) is 0 Å². The second-order valence-electron chi connectivity index (χ2n) is 5.38. The van der Waals surface area contributed by atoms with E-state index in [0.717, 1.165) is 28.0 Å². The summed E-state index contributed by atoms with van der Waals surface area (Å²) in [5.41, 5.74) is 3.93. The molecule has 0 aliphatic rings. The lowest BCUT2D eigenvalue weighted by atomic mass is 10.1. The van der Waals surface area contributed by atoms with E-state index in [4.69, 9.17) is 9.40 Å². The van der Waals surface area contributed by atoms with Gasteiger partial charge >= 0.3 is 0 Å². The summed E-state index contributed by atoms with van der Waals surface area (Å²) in [5, 5.41) is 0. The number of hydrogen-bond donors (Lipinski definition) is 0. The molecule has 0 radical (unpaired) electrons. The number of carbonyl (C=O) groups is 1. The van der Waals surface area contributed by atoms with Crippen molar-refractivity contribution in [3.8, 4) is 22.7 Å². The van der Waals surface area contributed by atoms with Crippen LogP contribution >= 0.6 is 0 Å². The summed E-state index contributed by atoms with van der Waals surface area (Å²) in [4.78, 5) is 15.5. The highest BCUT2D eigenvalue weighted by Crippen LogP contribution is 2.28. The third-order valence-electron chi connectivity index (χ3n) is 3.94. The first-order valence-electron chi connectivity index (χ1n) is 7.33. The molecule has 4 heteroatoms. The summed E-state index contributed by atoms with van der Waals surface area (Å²) in [6.45, 7) is 0. The molecule has 2 aromatic carbocycles. The number of aldehydes is 1. The van der Waals surface area contributed by atoms with E-state index in [1.807, 2.05) is 55.6 Å². The van der Waals surface area contributed by atoms with Crippen LogP contribution in [0.1, 0.15) is 10.6 Å². The summed E-state index contributed by atoms with van der Waals surface area (Å²) in [6.07, 6.45) is 0.705. The second-order valence-corrected chi connectivity index (χ2v) is 5.38. The van der Waals surface area contributed by atoms with E-state index in [1.54, 1.807) is 12.1 Å². The van der Waals surface area contributed by atoms with Crippen LogP contribution in [0.25, 0.3) is 33.7 Å². The lowest BCUT2D eigenvalue weighted by Crippen LogP contribution is -1.91. The fourth-order valence-corrected chi connectivity index (χ4v) is 2.77. The van der Waals surface area contributed by atoms with Gasteiger partial charge in [-0.05, 0) is 30.3 Å². The maximum Gasteiger partial charge on any atom is 0.185 e. The van der Waals surface area contributed by atoms with Crippen molar-refractivity contribution < 1.29 is 9.21 Å². The zero-order valence-corrected chi connectivity index (χ0v) is 12.6. The number of rotatable bonds is 3. The Morgan fingerprint density at radius 3 is 2.57 bits per heavy atom. The highest BCUT2D eigenvalue weighted by molar-refractivity contribution is 5.85. The second kappa shape index (κ2) is 5.25. The molecule has 2 heterocycles. The topological polar surface area (TPSA) is 48.0 Å². The first kappa shape index (κ1) is 13.5. The lowest BCUT2D eigenvalue weighted by molar-refractivity contribution is 0.110. The number of benzene rings is 2. The smallest absolute Gasteiger partial charge is 0.185 e. The minimum Gasteiger partial charge on any atom is -0.453 e. The van der Waals surface area contributed by atoms with Gasteiger partial charge in [-0.1, -0.05) is 30.3 Å². The van der Waals surface area contributed by atoms with Crippen molar-refractivity contribution in [2.24, 2.45) is 7.05 Å². The number of aromatic nitrogens is 2. The third-order valence-corrected chi connectivity index (χ3v) is 3.94. The molecule has 0 N–H and O–H groups in total. The maximum absolute atomic E-state index is 10.8. The van der Waals surface area contributed by atoms with Crippen molar-refractivity contribution in [3.63, 3.8) is 0 Å². The van der Waals surface area contributed by atoms with Gasteiger partial charge in [0.05, 0.1) is 11.0 Å². The van der Waals surface area contributed by atoms with Crippen LogP contribution < -0.4 is 0 Å². The van der Waals surface area contributed by atoms with Crippen molar-refractivity contribution >= 4 is 17.3 Å². The number of aryl methyl sites for hydroxylation is 1. The third kappa shape index (κ3) is 2.25. The van der Waals surface area contributed by atoms with Gasteiger partial charge in [-0.25, -0.2) is 4.98 Å². The van der Waals surface area contributed by atoms with Crippen LogP contribution in [0.5, 0.6) is 0 Å². The largest absolute Gasteiger partial charge is 0.453 e. The SMILES string of the molecule is Cn1c(-c2ccccc2)nc2cc(-c3ccc(C=O)o3)ccc21. The lowest BCUT2D eigenvalue weighted by Gasteiger charge is -2.02. The molecule has 0 saturated carbocycles. The van der Waals surface area contributed by atoms with Crippen LogP contribution in [0, 0.1) is 0 Å². The predicted molar refractivity (Wildman–Crippen MR) is 89.2 cm³/mol. The Bertz CT molecular complexity index is 997. The normalized spacial score (nSPS) is 11.0. The maximum atomic E-state index is 10.8. The highest BCUT2D eigenvalue weighted by atomic mass is 16.3. The van der Waals surface area contributed by atoms with Crippen molar-refractivity contribution in [2.75, 3.05) is 0 Å². The van der Waals surface area contributed by atoms with Crippen LogP contribution in [-0.4, -0.2) is 15.8 Å². The van der Waals surface area contributed by atoms with Crippen molar-refractivity contribution in [1.82, 2.24) is 9.55 Å². The van der Waals surface area contributed by atoms with E-state index in [0.29, 0.717) is 17.8 Å². The molecular weight excluding hydrogens is 288 g/mol. The van der Waals surface area contributed by atoms with E-state index in [-0.39, 0.29) is 0 Å². The predicted octanol–water partition coefficient (Wildman–Crippen LogP) is 4.31. The zero-order chi connectivity index (χ0) is 15.8. The summed E-state index contributed by atoms with van der Waals surface area (Å²) in [6, 6.07) is 19.5. The van der Waals surface area contributed by atoms with E-state index in [9.17, 15) is 4.79 Å². The molecule has 0 fully saturated rings. The summed E-state index contributed by atoms with van der Waals surface area (Å²) < 4.78 is 7.56. The molecule has 0 amide bonds. The molecule has 4 nitrogen and oxygen atoms in total. The van der Waals surface area contributed by atoms with Gasteiger partial charge in [0.15, 0.2) is 12.0 Å². The van der Waals surface area contributed by atoms with Gasteiger partial charge in [0.1, 0.15) is 11.6 Å². The van der Waals surface area contributed by atoms with Crippen LogP contribution in [0.3, 0.4) is 0 Å². The molecule has 23 heavy (non-hydrogen) atoms. The molecule has 0 unspecified atom stereocenters. The van der Waals surface area contributed by atoms with Gasteiger partial charge in [-0.3, -0.25) is 4.79 Å². The molecule has 4 aromatic rings. The summed E-state index contributed by atoms with van der Waals surface area (Å²) in [7, 11) is 2.01. The van der Waals surface area contributed by atoms with Gasteiger partial charge in [0.25, 0.3) is 0 Å². The molecule has 0 aliphatic carbocycles. The molecule has 112 valence electrons. The molecule has 0 atom stereocenters. The van der Waals surface area contributed by atoms with E-state index in [1.165, 1.54) is 0 Å². The molecule has 4 rings (SSSR count). The first-order valence-corrected chi connectivity index (χ1v) is 7.33. The fourth-order valence-electron chi connectivity index (χ4n) is 2.77. The van der Waals surface area contributed by atoms with Crippen LogP contribution in [0.2, 0.25) is 0 Å². The molecule has 0 bridgehead atoms. The molecule has 0 saturated heterocycles. The number of imidazole rings is 1. The van der Waals surface area contributed by atoms with Crippen LogP contribution in [0.4, 0.5) is 0 Å². The van der Waals surface area contributed by atoms with E-state index >= 15 is 0 Å². The Balaban J connectivity index is 1.85. The van der Waals surface area contributed by atoms with Gasteiger partial charge in [0, 0.05) is 18.2 Å². The average molecular weight is 302 g/mol. The number of furan rings is 1. The number of nitrogens with zero attached hydrogens (tertiary/aromatic N) is 2. The summed E-state index contributed by atoms with van der Waals surface area (Å²) >= 11 is 0. The van der Waals surface area contributed by atoms with Crippen molar-refractivity contribution in [2.45, 2.75) is 0 Å². The minimum atomic E-state index is 0.325.